The summed E-state index contributed by atoms with van der Waals surface area (Å²) in [5, 5.41) is 0. The SMILES string of the molecule is CCCCCCCCCCc1ccc(C=C2N=C(c3ccc(C)[nH]3)C=C2OCC)[nH]1. The molecule has 2 N–H and O–H groups in total. The lowest BCUT2D eigenvalue weighted by molar-refractivity contribution is 0.239. The smallest absolute Gasteiger partial charge is 0.147 e. The molecule has 0 atom stereocenters. The van der Waals surface area contributed by atoms with Crippen molar-refractivity contribution in [1.82, 2.24) is 9.97 Å². The van der Waals surface area contributed by atoms with Crippen molar-refractivity contribution in [3.63, 3.8) is 0 Å². The zero-order chi connectivity index (χ0) is 21.2. The summed E-state index contributed by atoms with van der Waals surface area (Å²) >= 11 is 0. The normalized spacial score (nSPS) is 15.0. The van der Waals surface area contributed by atoms with Gasteiger partial charge in [0.05, 0.1) is 18.0 Å². The van der Waals surface area contributed by atoms with Gasteiger partial charge in [0, 0.05) is 23.2 Å². The molecular formula is C26H37N3O. The maximum absolute atomic E-state index is 5.83. The third-order valence-corrected chi connectivity index (χ3v) is 5.53. The second kappa shape index (κ2) is 11.6. The number of unbranched alkanes of at least 4 members (excludes halogenated alkanes) is 7. The summed E-state index contributed by atoms with van der Waals surface area (Å²) in [4.78, 5) is 11.7. The van der Waals surface area contributed by atoms with Crippen molar-refractivity contribution in [2.45, 2.75) is 78.6 Å². The molecule has 0 radical (unpaired) electrons. The Kier molecular flexibility index (Phi) is 8.61. The Morgan fingerprint density at radius 2 is 1.67 bits per heavy atom. The molecule has 0 saturated heterocycles. The minimum absolute atomic E-state index is 0.629. The van der Waals surface area contributed by atoms with Crippen LogP contribution in [0.2, 0.25) is 0 Å². The van der Waals surface area contributed by atoms with Gasteiger partial charge in [0.15, 0.2) is 0 Å². The molecule has 0 unspecified atom stereocenters. The van der Waals surface area contributed by atoms with Gasteiger partial charge in [-0.1, -0.05) is 51.9 Å². The van der Waals surface area contributed by atoms with E-state index in [2.05, 4.69) is 54.2 Å². The van der Waals surface area contributed by atoms with Gasteiger partial charge in [0.25, 0.3) is 0 Å². The minimum atomic E-state index is 0.629. The fraction of sp³-hybridized carbons (Fsp3) is 0.500. The van der Waals surface area contributed by atoms with Gasteiger partial charge in [-0.05, 0) is 57.0 Å². The first kappa shape index (κ1) is 22.2. The summed E-state index contributed by atoms with van der Waals surface area (Å²) in [7, 11) is 0. The number of nitrogens with zero attached hydrogens (tertiary/aromatic N) is 1. The van der Waals surface area contributed by atoms with Crippen LogP contribution in [0.3, 0.4) is 0 Å². The van der Waals surface area contributed by atoms with Crippen LogP contribution in [0.4, 0.5) is 0 Å². The summed E-state index contributed by atoms with van der Waals surface area (Å²) in [5.74, 6) is 0.832. The molecule has 2 aromatic heterocycles. The lowest BCUT2D eigenvalue weighted by Crippen LogP contribution is -1.94. The van der Waals surface area contributed by atoms with Crippen LogP contribution in [-0.4, -0.2) is 22.3 Å². The van der Waals surface area contributed by atoms with Crippen LogP contribution in [0.1, 0.15) is 88.0 Å². The molecule has 0 saturated carbocycles. The summed E-state index contributed by atoms with van der Waals surface area (Å²) in [6.07, 6.45) is 16.0. The number of rotatable bonds is 13. The highest BCUT2D eigenvalue weighted by molar-refractivity contribution is 6.11. The number of ether oxygens (including phenoxy) is 1. The van der Waals surface area contributed by atoms with E-state index in [1.165, 1.54) is 57.1 Å². The molecular weight excluding hydrogens is 370 g/mol. The number of H-pyrrole nitrogens is 2. The highest BCUT2D eigenvalue weighted by atomic mass is 16.5. The maximum Gasteiger partial charge on any atom is 0.147 e. The third kappa shape index (κ3) is 6.51. The molecule has 0 fully saturated rings. The van der Waals surface area contributed by atoms with E-state index in [4.69, 9.17) is 9.73 Å². The van der Waals surface area contributed by atoms with E-state index >= 15 is 0 Å². The Labute approximate surface area is 181 Å². The van der Waals surface area contributed by atoms with Gasteiger partial charge in [-0.15, -0.1) is 0 Å². The predicted molar refractivity (Wildman–Crippen MR) is 127 cm³/mol. The monoisotopic (exact) mass is 407 g/mol. The molecule has 3 heterocycles. The van der Waals surface area contributed by atoms with E-state index in [1.54, 1.807) is 0 Å². The third-order valence-electron chi connectivity index (χ3n) is 5.53. The van der Waals surface area contributed by atoms with Crippen LogP contribution in [0.15, 0.2) is 46.8 Å². The zero-order valence-electron chi connectivity index (χ0n) is 18.9. The second-order valence-electron chi connectivity index (χ2n) is 8.19. The summed E-state index contributed by atoms with van der Waals surface area (Å²) in [5.41, 5.74) is 6.33. The fourth-order valence-electron chi connectivity index (χ4n) is 3.87. The number of aryl methyl sites for hydroxylation is 2. The Hall–Kier alpha value is -2.49. The number of hydrogen-bond acceptors (Lipinski definition) is 2. The van der Waals surface area contributed by atoms with Gasteiger partial charge in [-0.3, -0.25) is 0 Å². The van der Waals surface area contributed by atoms with E-state index in [0.717, 1.165) is 40.7 Å². The number of aromatic amines is 2. The van der Waals surface area contributed by atoms with Crippen molar-refractivity contribution in [2.24, 2.45) is 4.99 Å². The zero-order valence-corrected chi connectivity index (χ0v) is 18.9. The van der Waals surface area contributed by atoms with Crippen LogP contribution in [0.25, 0.3) is 6.08 Å². The van der Waals surface area contributed by atoms with Gasteiger partial charge in [0.1, 0.15) is 11.5 Å². The Morgan fingerprint density at radius 3 is 2.37 bits per heavy atom. The maximum atomic E-state index is 5.83. The van der Waals surface area contributed by atoms with E-state index < -0.39 is 0 Å². The average Bonchev–Trinajstić information content (AvgIpc) is 3.46. The second-order valence-corrected chi connectivity index (χ2v) is 8.19. The topological polar surface area (TPSA) is 53.2 Å². The summed E-state index contributed by atoms with van der Waals surface area (Å²) in [6.45, 7) is 6.96. The molecule has 30 heavy (non-hydrogen) atoms. The van der Waals surface area contributed by atoms with Crippen molar-refractivity contribution in [3.8, 4) is 0 Å². The van der Waals surface area contributed by atoms with E-state index in [9.17, 15) is 0 Å². The van der Waals surface area contributed by atoms with Crippen molar-refractivity contribution >= 4 is 11.8 Å². The van der Waals surface area contributed by atoms with Gasteiger partial charge < -0.3 is 14.7 Å². The van der Waals surface area contributed by atoms with Crippen molar-refractivity contribution < 1.29 is 4.74 Å². The van der Waals surface area contributed by atoms with E-state index in [-0.39, 0.29) is 0 Å². The van der Waals surface area contributed by atoms with E-state index in [0.29, 0.717) is 6.61 Å². The van der Waals surface area contributed by atoms with Crippen molar-refractivity contribution in [1.29, 1.82) is 0 Å². The van der Waals surface area contributed by atoms with Gasteiger partial charge >= 0.3 is 0 Å². The fourth-order valence-corrected chi connectivity index (χ4v) is 3.87. The molecule has 1 aliphatic heterocycles. The molecule has 0 aliphatic carbocycles. The number of aromatic nitrogens is 2. The van der Waals surface area contributed by atoms with Crippen LogP contribution >= 0.6 is 0 Å². The van der Waals surface area contributed by atoms with Crippen LogP contribution < -0.4 is 0 Å². The summed E-state index contributed by atoms with van der Waals surface area (Å²) in [6, 6.07) is 8.47. The molecule has 0 bridgehead atoms. The molecule has 4 nitrogen and oxygen atoms in total. The minimum Gasteiger partial charge on any atom is -0.492 e. The average molecular weight is 408 g/mol. The largest absolute Gasteiger partial charge is 0.492 e. The Balaban J connectivity index is 1.54. The highest BCUT2D eigenvalue weighted by Gasteiger charge is 2.18. The first-order chi connectivity index (χ1) is 14.7. The van der Waals surface area contributed by atoms with Gasteiger partial charge in [-0.2, -0.15) is 0 Å². The molecule has 0 spiro atoms. The molecule has 2 aromatic rings. The first-order valence-corrected chi connectivity index (χ1v) is 11.7. The van der Waals surface area contributed by atoms with Crippen LogP contribution in [0.5, 0.6) is 0 Å². The van der Waals surface area contributed by atoms with Crippen molar-refractivity contribution in [3.05, 3.63) is 64.6 Å². The van der Waals surface area contributed by atoms with Crippen LogP contribution in [-0.2, 0) is 11.2 Å². The highest BCUT2D eigenvalue weighted by Crippen LogP contribution is 2.25. The summed E-state index contributed by atoms with van der Waals surface area (Å²) < 4.78 is 5.83. The van der Waals surface area contributed by atoms with Crippen molar-refractivity contribution in [2.75, 3.05) is 6.61 Å². The quantitative estimate of drug-likeness (QED) is 0.342. The number of hydrogen-bond donors (Lipinski definition) is 2. The number of allylic oxidation sites excluding steroid dienone is 1. The standard InChI is InChI=1S/C26H37N3O/c1-4-6-7-8-9-10-11-12-13-21-15-16-22(28-21)18-25-26(30-5-2)19-24(29-25)23-17-14-20(3)27-23/h14-19,27-28H,4-13H2,1-3H3. The lowest BCUT2D eigenvalue weighted by Gasteiger charge is -2.04. The first-order valence-electron chi connectivity index (χ1n) is 11.7. The molecule has 0 aromatic carbocycles. The number of aliphatic imine (C=N–C) groups is 1. The van der Waals surface area contributed by atoms with Gasteiger partial charge in [-0.25, -0.2) is 4.99 Å². The molecule has 162 valence electrons. The Morgan fingerprint density at radius 1 is 0.900 bits per heavy atom. The lowest BCUT2D eigenvalue weighted by atomic mass is 10.1. The molecule has 1 aliphatic rings. The Bertz CT molecular complexity index is 882. The van der Waals surface area contributed by atoms with Crippen LogP contribution in [0, 0.1) is 6.92 Å². The molecule has 3 rings (SSSR count). The predicted octanol–water partition coefficient (Wildman–Crippen LogP) is 7.10. The van der Waals surface area contributed by atoms with Gasteiger partial charge in [0.2, 0.25) is 0 Å². The molecule has 0 amide bonds. The molecule has 4 heteroatoms. The number of nitrogens with one attached hydrogen (secondary N) is 2. The van der Waals surface area contributed by atoms with E-state index in [1.807, 2.05) is 13.0 Å².